The normalized spacial score (nSPS) is 10.6. The Morgan fingerprint density at radius 2 is 1.65 bits per heavy atom. The molecular formula is C18H23NO. The van der Waals surface area contributed by atoms with Crippen molar-refractivity contribution in [2.75, 3.05) is 13.2 Å². The van der Waals surface area contributed by atoms with Gasteiger partial charge >= 0.3 is 0 Å². The summed E-state index contributed by atoms with van der Waals surface area (Å²) in [6, 6.07) is 14.8. The molecule has 2 heteroatoms. The van der Waals surface area contributed by atoms with Gasteiger partial charge in [0.05, 0.1) is 6.61 Å². The highest BCUT2D eigenvalue weighted by molar-refractivity contribution is 5.71. The minimum atomic E-state index is 0.731. The van der Waals surface area contributed by atoms with E-state index in [4.69, 9.17) is 10.5 Å². The van der Waals surface area contributed by atoms with Crippen LogP contribution in [0.4, 0.5) is 0 Å². The molecule has 0 aromatic heterocycles. The van der Waals surface area contributed by atoms with Crippen molar-refractivity contribution in [2.45, 2.75) is 26.7 Å². The molecule has 0 aliphatic carbocycles. The van der Waals surface area contributed by atoms with Gasteiger partial charge in [0.1, 0.15) is 5.75 Å². The topological polar surface area (TPSA) is 35.2 Å². The Hall–Kier alpha value is -1.80. The van der Waals surface area contributed by atoms with Crippen molar-refractivity contribution >= 4 is 0 Å². The molecular weight excluding hydrogens is 246 g/mol. The third-order valence-corrected chi connectivity index (χ3v) is 3.50. The van der Waals surface area contributed by atoms with Crippen LogP contribution in [0.3, 0.4) is 0 Å². The predicted molar refractivity (Wildman–Crippen MR) is 85.1 cm³/mol. The summed E-state index contributed by atoms with van der Waals surface area (Å²) < 4.78 is 5.75. The first-order valence-corrected chi connectivity index (χ1v) is 7.22. The van der Waals surface area contributed by atoms with E-state index in [0.717, 1.165) is 31.7 Å². The van der Waals surface area contributed by atoms with Gasteiger partial charge < -0.3 is 10.5 Å². The highest BCUT2D eigenvalue weighted by Crippen LogP contribution is 2.29. The Kier molecular flexibility index (Phi) is 5.19. The summed E-state index contributed by atoms with van der Waals surface area (Å²) in [7, 11) is 0. The standard InChI is InChI=1S/C18H23NO/c1-14-7-3-4-8-17(14)18-10-9-16(13-15(18)2)20-12-6-5-11-19/h3-4,7-10,13H,5-6,11-12,19H2,1-2H3. The summed E-state index contributed by atoms with van der Waals surface area (Å²) >= 11 is 0. The van der Waals surface area contributed by atoms with Gasteiger partial charge in [0.2, 0.25) is 0 Å². The zero-order chi connectivity index (χ0) is 14.4. The summed E-state index contributed by atoms with van der Waals surface area (Å²) in [5.41, 5.74) is 10.6. The Labute approximate surface area is 121 Å². The Morgan fingerprint density at radius 3 is 2.35 bits per heavy atom. The molecule has 0 aliphatic heterocycles. The third-order valence-electron chi connectivity index (χ3n) is 3.50. The second-order valence-corrected chi connectivity index (χ2v) is 5.14. The van der Waals surface area contributed by atoms with Crippen molar-refractivity contribution in [1.29, 1.82) is 0 Å². The smallest absolute Gasteiger partial charge is 0.119 e. The lowest BCUT2D eigenvalue weighted by Gasteiger charge is -2.12. The maximum Gasteiger partial charge on any atom is 0.119 e. The van der Waals surface area contributed by atoms with Crippen molar-refractivity contribution in [3.63, 3.8) is 0 Å². The molecule has 2 N–H and O–H groups in total. The second-order valence-electron chi connectivity index (χ2n) is 5.14. The van der Waals surface area contributed by atoms with Gasteiger partial charge in [-0.05, 0) is 67.6 Å². The monoisotopic (exact) mass is 269 g/mol. The van der Waals surface area contributed by atoms with Crippen LogP contribution in [0.25, 0.3) is 11.1 Å². The second kappa shape index (κ2) is 7.11. The van der Waals surface area contributed by atoms with Crippen molar-refractivity contribution in [2.24, 2.45) is 5.73 Å². The first kappa shape index (κ1) is 14.6. The van der Waals surface area contributed by atoms with Crippen LogP contribution in [0.1, 0.15) is 24.0 Å². The van der Waals surface area contributed by atoms with Crippen molar-refractivity contribution in [3.05, 3.63) is 53.6 Å². The average molecular weight is 269 g/mol. The van der Waals surface area contributed by atoms with Gasteiger partial charge in [-0.15, -0.1) is 0 Å². The Morgan fingerprint density at radius 1 is 0.900 bits per heavy atom. The van der Waals surface area contributed by atoms with E-state index in [1.165, 1.54) is 22.3 Å². The molecule has 2 aromatic carbocycles. The molecule has 2 rings (SSSR count). The summed E-state index contributed by atoms with van der Waals surface area (Å²) in [5.74, 6) is 0.942. The first-order valence-electron chi connectivity index (χ1n) is 7.22. The van der Waals surface area contributed by atoms with Gasteiger partial charge in [-0.1, -0.05) is 30.3 Å². The van der Waals surface area contributed by atoms with E-state index in [9.17, 15) is 0 Å². The molecule has 0 unspecified atom stereocenters. The molecule has 0 radical (unpaired) electrons. The van der Waals surface area contributed by atoms with E-state index < -0.39 is 0 Å². The fraction of sp³-hybridized carbons (Fsp3) is 0.333. The van der Waals surface area contributed by atoms with Gasteiger partial charge in [-0.2, -0.15) is 0 Å². The van der Waals surface area contributed by atoms with Gasteiger partial charge in [-0.25, -0.2) is 0 Å². The van der Waals surface area contributed by atoms with Crippen LogP contribution in [0.15, 0.2) is 42.5 Å². The van der Waals surface area contributed by atoms with Crippen LogP contribution in [-0.4, -0.2) is 13.2 Å². The number of aryl methyl sites for hydroxylation is 2. The molecule has 0 aliphatic rings. The fourth-order valence-electron chi connectivity index (χ4n) is 2.34. The number of rotatable bonds is 6. The number of nitrogens with two attached hydrogens (primary N) is 1. The minimum absolute atomic E-state index is 0.731. The van der Waals surface area contributed by atoms with E-state index in [1.807, 2.05) is 0 Å². The predicted octanol–water partition coefficient (Wildman–Crippen LogP) is 4.09. The molecule has 2 nitrogen and oxygen atoms in total. The number of ether oxygens (including phenoxy) is 1. The van der Waals surface area contributed by atoms with Crippen molar-refractivity contribution in [1.82, 2.24) is 0 Å². The van der Waals surface area contributed by atoms with Gasteiger partial charge in [-0.3, -0.25) is 0 Å². The molecule has 0 heterocycles. The van der Waals surface area contributed by atoms with Crippen LogP contribution in [0, 0.1) is 13.8 Å². The molecule has 0 fully saturated rings. The molecule has 0 spiro atoms. The number of benzene rings is 2. The summed E-state index contributed by atoms with van der Waals surface area (Å²) in [4.78, 5) is 0. The maximum atomic E-state index is 5.75. The summed E-state index contributed by atoms with van der Waals surface area (Å²) in [5, 5.41) is 0. The van der Waals surface area contributed by atoms with E-state index >= 15 is 0 Å². The van der Waals surface area contributed by atoms with Gasteiger partial charge in [0.15, 0.2) is 0 Å². The lowest BCUT2D eigenvalue weighted by molar-refractivity contribution is 0.307. The zero-order valence-corrected chi connectivity index (χ0v) is 12.4. The molecule has 0 saturated carbocycles. The lowest BCUT2D eigenvalue weighted by atomic mass is 9.97. The zero-order valence-electron chi connectivity index (χ0n) is 12.4. The molecule has 2 aromatic rings. The lowest BCUT2D eigenvalue weighted by Crippen LogP contribution is -2.03. The molecule has 0 atom stereocenters. The van der Waals surface area contributed by atoms with E-state index in [1.54, 1.807) is 0 Å². The Bertz CT molecular complexity index is 563. The molecule has 106 valence electrons. The minimum Gasteiger partial charge on any atom is -0.494 e. The van der Waals surface area contributed by atoms with Crippen LogP contribution in [0.2, 0.25) is 0 Å². The van der Waals surface area contributed by atoms with Crippen LogP contribution in [0.5, 0.6) is 5.75 Å². The summed E-state index contributed by atoms with van der Waals surface area (Å²) in [6.07, 6.45) is 2.02. The number of hydrogen-bond acceptors (Lipinski definition) is 2. The molecule has 0 saturated heterocycles. The molecule has 20 heavy (non-hydrogen) atoms. The van der Waals surface area contributed by atoms with Crippen LogP contribution >= 0.6 is 0 Å². The quantitative estimate of drug-likeness (QED) is 0.802. The highest BCUT2D eigenvalue weighted by atomic mass is 16.5. The van der Waals surface area contributed by atoms with Crippen LogP contribution < -0.4 is 10.5 Å². The van der Waals surface area contributed by atoms with Gasteiger partial charge in [0.25, 0.3) is 0 Å². The molecule has 0 amide bonds. The SMILES string of the molecule is Cc1ccccc1-c1ccc(OCCCCN)cc1C. The molecule has 0 bridgehead atoms. The maximum absolute atomic E-state index is 5.75. The van der Waals surface area contributed by atoms with Crippen LogP contribution in [-0.2, 0) is 0 Å². The fourth-order valence-corrected chi connectivity index (χ4v) is 2.34. The number of hydrogen-bond donors (Lipinski definition) is 1. The Balaban J connectivity index is 2.12. The average Bonchev–Trinajstić information content (AvgIpc) is 2.45. The van der Waals surface area contributed by atoms with Crippen molar-refractivity contribution < 1.29 is 4.74 Å². The number of unbranched alkanes of at least 4 members (excludes halogenated alkanes) is 1. The summed E-state index contributed by atoms with van der Waals surface area (Å²) in [6.45, 7) is 5.75. The largest absolute Gasteiger partial charge is 0.494 e. The van der Waals surface area contributed by atoms with E-state index in [2.05, 4.69) is 56.3 Å². The van der Waals surface area contributed by atoms with Crippen molar-refractivity contribution in [3.8, 4) is 16.9 Å². The first-order chi connectivity index (χ1) is 9.72. The third kappa shape index (κ3) is 3.61. The highest BCUT2D eigenvalue weighted by Gasteiger charge is 2.05. The van der Waals surface area contributed by atoms with E-state index in [-0.39, 0.29) is 0 Å². The van der Waals surface area contributed by atoms with Gasteiger partial charge in [0, 0.05) is 0 Å². The van der Waals surface area contributed by atoms with E-state index in [0.29, 0.717) is 0 Å².